The number of benzene rings is 3. The van der Waals surface area contributed by atoms with Crippen LogP contribution in [0.3, 0.4) is 0 Å². The van der Waals surface area contributed by atoms with Crippen LogP contribution in [0.15, 0.2) is 87.2 Å². The minimum Gasteiger partial charge on any atom is -0.324 e. The Morgan fingerprint density at radius 1 is 1.03 bits per heavy atom. The van der Waals surface area contributed by atoms with E-state index in [0.717, 1.165) is 15.7 Å². The molecule has 162 valence electrons. The summed E-state index contributed by atoms with van der Waals surface area (Å²) >= 11 is 4.69. The average Bonchev–Trinajstić information content (AvgIpc) is 2.79. The number of aromatic nitrogens is 2. The van der Waals surface area contributed by atoms with E-state index in [9.17, 15) is 9.59 Å². The van der Waals surface area contributed by atoms with Gasteiger partial charge in [-0.05, 0) is 57.7 Å². The van der Waals surface area contributed by atoms with Crippen LogP contribution in [0, 0.1) is 0 Å². The highest BCUT2D eigenvalue weighted by Gasteiger charge is 2.18. The summed E-state index contributed by atoms with van der Waals surface area (Å²) < 4.78 is 2.44. The van der Waals surface area contributed by atoms with Crippen molar-refractivity contribution in [2.24, 2.45) is 0 Å². The van der Waals surface area contributed by atoms with E-state index in [1.807, 2.05) is 66.7 Å². The summed E-state index contributed by atoms with van der Waals surface area (Å²) in [5.74, 6) is 0.171. The Hall–Kier alpha value is -2.90. The van der Waals surface area contributed by atoms with Gasteiger partial charge in [-0.2, -0.15) is 0 Å². The molecule has 0 aliphatic carbocycles. The summed E-state index contributed by atoms with van der Waals surface area (Å²) in [6, 6.07) is 22.6. The summed E-state index contributed by atoms with van der Waals surface area (Å²) in [6.45, 7) is 4.19. The van der Waals surface area contributed by atoms with Gasteiger partial charge in [-0.3, -0.25) is 14.2 Å². The fraction of sp³-hybridized carbons (Fsp3) is 0.160. The van der Waals surface area contributed by atoms with Gasteiger partial charge in [0.2, 0.25) is 5.91 Å². The summed E-state index contributed by atoms with van der Waals surface area (Å²) in [5, 5.41) is 3.94. The molecule has 7 heteroatoms. The van der Waals surface area contributed by atoms with E-state index in [1.54, 1.807) is 10.6 Å². The van der Waals surface area contributed by atoms with Crippen LogP contribution in [-0.4, -0.2) is 21.2 Å². The maximum Gasteiger partial charge on any atom is 0.266 e. The Labute approximate surface area is 199 Å². The van der Waals surface area contributed by atoms with Crippen LogP contribution in [0.25, 0.3) is 16.6 Å². The largest absolute Gasteiger partial charge is 0.324 e. The van der Waals surface area contributed by atoms with Crippen molar-refractivity contribution in [2.45, 2.75) is 24.9 Å². The molecule has 4 rings (SSSR count). The molecule has 0 unspecified atom stereocenters. The average molecular weight is 508 g/mol. The number of thioether (sulfide) groups is 1. The van der Waals surface area contributed by atoms with Crippen LogP contribution in [0.5, 0.6) is 0 Å². The van der Waals surface area contributed by atoms with Gasteiger partial charge >= 0.3 is 0 Å². The van der Waals surface area contributed by atoms with E-state index in [2.05, 4.69) is 35.1 Å². The first-order valence-corrected chi connectivity index (χ1v) is 12.0. The molecule has 0 aliphatic heterocycles. The first kappa shape index (κ1) is 22.3. The van der Waals surface area contributed by atoms with Crippen molar-refractivity contribution in [3.63, 3.8) is 0 Å². The van der Waals surface area contributed by atoms with E-state index in [1.165, 1.54) is 11.8 Å². The van der Waals surface area contributed by atoms with Gasteiger partial charge in [-0.1, -0.05) is 68.1 Å². The summed E-state index contributed by atoms with van der Waals surface area (Å²) in [6.07, 6.45) is 0. The molecule has 0 saturated heterocycles. The molecule has 1 N–H and O–H groups in total. The van der Waals surface area contributed by atoms with Gasteiger partial charge in [-0.25, -0.2) is 4.98 Å². The van der Waals surface area contributed by atoms with Gasteiger partial charge in [0, 0.05) is 4.47 Å². The molecule has 0 aliphatic rings. The fourth-order valence-electron chi connectivity index (χ4n) is 3.48. The van der Waals surface area contributed by atoms with Gasteiger partial charge in [0.05, 0.1) is 28.0 Å². The third kappa shape index (κ3) is 4.64. The van der Waals surface area contributed by atoms with Gasteiger partial charge in [0.25, 0.3) is 5.56 Å². The summed E-state index contributed by atoms with van der Waals surface area (Å²) in [7, 11) is 0. The van der Waals surface area contributed by atoms with E-state index in [0.29, 0.717) is 21.7 Å². The number of carbonyl (C=O) groups is 1. The van der Waals surface area contributed by atoms with E-state index in [4.69, 9.17) is 4.98 Å². The highest BCUT2D eigenvalue weighted by molar-refractivity contribution is 9.10. The van der Waals surface area contributed by atoms with Crippen LogP contribution in [0.1, 0.15) is 25.3 Å². The molecule has 4 aromatic rings. The summed E-state index contributed by atoms with van der Waals surface area (Å²) in [4.78, 5) is 30.9. The van der Waals surface area contributed by atoms with Crippen molar-refractivity contribution in [1.29, 1.82) is 0 Å². The molecule has 1 aromatic heterocycles. The van der Waals surface area contributed by atoms with Crippen LogP contribution in [0.4, 0.5) is 5.69 Å². The number of hydrogen-bond donors (Lipinski definition) is 1. The van der Waals surface area contributed by atoms with E-state index < -0.39 is 0 Å². The number of rotatable bonds is 6. The molecular weight excluding hydrogens is 486 g/mol. The summed E-state index contributed by atoms with van der Waals surface area (Å²) in [5.41, 5.74) is 3.01. The van der Waals surface area contributed by atoms with Crippen molar-refractivity contribution in [1.82, 2.24) is 9.55 Å². The van der Waals surface area contributed by atoms with Gasteiger partial charge in [0.1, 0.15) is 0 Å². The van der Waals surface area contributed by atoms with Gasteiger partial charge in [-0.15, -0.1) is 0 Å². The molecule has 0 radical (unpaired) electrons. The smallest absolute Gasteiger partial charge is 0.266 e. The van der Waals surface area contributed by atoms with Crippen molar-refractivity contribution < 1.29 is 4.79 Å². The lowest BCUT2D eigenvalue weighted by Crippen LogP contribution is -2.24. The Bertz CT molecular complexity index is 1350. The van der Waals surface area contributed by atoms with E-state index >= 15 is 0 Å². The number of carbonyl (C=O) groups excluding carboxylic acids is 1. The van der Waals surface area contributed by atoms with Gasteiger partial charge < -0.3 is 5.32 Å². The third-order valence-corrected chi connectivity index (χ3v) is 6.65. The molecule has 3 aromatic carbocycles. The molecule has 0 fully saturated rings. The number of halogens is 1. The SMILES string of the molecule is CC(C)c1ccccc1-n1c(SCC(=O)Nc2ccccc2Br)nc2ccccc2c1=O. The molecule has 32 heavy (non-hydrogen) atoms. The molecule has 5 nitrogen and oxygen atoms in total. The molecular formula is C25H22BrN3O2S. The molecule has 0 bridgehead atoms. The molecule has 0 saturated carbocycles. The number of para-hydroxylation sites is 3. The number of nitrogens with zero attached hydrogens (tertiary/aromatic N) is 2. The second-order valence-electron chi connectivity index (χ2n) is 7.58. The van der Waals surface area contributed by atoms with Crippen LogP contribution < -0.4 is 10.9 Å². The van der Waals surface area contributed by atoms with Crippen molar-refractivity contribution in [3.8, 4) is 5.69 Å². The monoisotopic (exact) mass is 507 g/mol. The molecule has 1 heterocycles. The lowest BCUT2D eigenvalue weighted by molar-refractivity contribution is -0.113. The first-order valence-electron chi connectivity index (χ1n) is 10.2. The van der Waals surface area contributed by atoms with Crippen molar-refractivity contribution in [2.75, 3.05) is 11.1 Å². The molecule has 1 amide bonds. The zero-order chi connectivity index (χ0) is 22.7. The lowest BCUT2D eigenvalue weighted by Gasteiger charge is -2.18. The normalized spacial score (nSPS) is 11.1. The Balaban J connectivity index is 1.74. The Morgan fingerprint density at radius 2 is 1.72 bits per heavy atom. The van der Waals surface area contributed by atoms with Crippen molar-refractivity contribution >= 4 is 50.2 Å². The topological polar surface area (TPSA) is 64.0 Å². The number of amides is 1. The maximum atomic E-state index is 13.5. The lowest BCUT2D eigenvalue weighted by atomic mass is 10.0. The molecule has 0 atom stereocenters. The highest BCUT2D eigenvalue weighted by atomic mass is 79.9. The number of hydrogen-bond acceptors (Lipinski definition) is 4. The number of fused-ring (bicyclic) bond motifs is 1. The number of nitrogens with one attached hydrogen (secondary N) is 1. The third-order valence-electron chi connectivity index (χ3n) is 5.02. The van der Waals surface area contributed by atoms with E-state index in [-0.39, 0.29) is 23.1 Å². The van der Waals surface area contributed by atoms with Crippen LogP contribution in [0.2, 0.25) is 0 Å². The second-order valence-corrected chi connectivity index (χ2v) is 9.38. The first-order chi connectivity index (χ1) is 15.5. The minimum absolute atomic E-state index is 0.121. The Morgan fingerprint density at radius 3 is 2.50 bits per heavy atom. The Kier molecular flexibility index (Phi) is 6.77. The van der Waals surface area contributed by atoms with Crippen molar-refractivity contribution in [3.05, 3.63) is 93.2 Å². The van der Waals surface area contributed by atoms with Gasteiger partial charge in [0.15, 0.2) is 5.16 Å². The number of anilines is 1. The zero-order valence-corrected chi connectivity index (χ0v) is 20.1. The molecule has 0 spiro atoms. The highest BCUT2D eigenvalue weighted by Crippen LogP contribution is 2.27. The van der Waals surface area contributed by atoms with Crippen LogP contribution >= 0.6 is 27.7 Å². The second kappa shape index (κ2) is 9.71. The maximum absolute atomic E-state index is 13.5. The quantitative estimate of drug-likeness (QED) is 0.256. The standard InChI is InChI=1S/C25H22BrN3O2S/c1-16(2)17-9-4-8-14-22(17)29-24(31)18-10-3-6-12-20(18)28-25(29)32-15-23(30)27-21-13-7-5-11-19(21)26/h3-14,16H,15H2,1-2H3,(H,27,30). The zero-order valence-electron chi connectivity index (χ0n) is 17.7. The van der Waals surface area contributed by atoms with Crippen LogP contribution in [-0.2, 0) is 4.79 Å². The predicted molar refractivity (Wildman–Crippen MR) is 135 cm³/mol. The minimum atomic E-state index is -0.173. The predicted octanol–water partition coefficient (Wildman–Crippen LogP) is 6.00. The fourth-order valence-corrected chi connectivity index (χ4v) is 4.67.